The maximum absolute atomic E-state index is 13.5. The summed E-state index contributed by atoms with van der Waals surface area (Å²) in [4.78, 5) is 32.4. The minimum atomic E-state index is -0.244. The fourth-order valence-electron chi connectivity index (χ4n) is 4.31. The molecule has 1 saturated heterocycles. The summed E-state index contributed by atoms with van der Waals surface area (Å²) in [7, 11) is 0. The van der Waals surface area contributed by atoms with Gasteiger partial charge in [-0.25, -0.2) is 9.67 Å². The molecule has 0 atom stereocenters. The molecule has 3 aromatic heterocycles. The molecule has 0 radical (unpaired) electrons. The molecule has 35 heavy (non-hydrogen) atoms. The molecule has 1 aliphatic heterocycles. The van der Waals surface area contributed by atoms with Crippen LogP contribution in [0.2, 0.25) is 0 Å². The zero-order valence-corrected chi connectivity index (χ0v) is 20.0. The predicted octanol–water partition coefficient (Wildman–Crippen LogP) is 2.71. The molecule has 9 nitrogen and oxygen atoms in total. The summed E-state index contributed by atoms with van der Waals surface area (Å²) < 4.78 is 14.4. The SMILES string of the molecule is Cc1cccc(-n2nc(-c3c(C)nc4c(OCC(=O)N5CCOCC5)cccn4c3=O)cc2C)c1. The standard InChI is InChI=1S/C26H27N5O4/c1-17-6-4-7-20(14-17)31-18(2)15-21(28-31)24-19(3)27-25-22(8-5-9-30(25)26(24)33)35-16-23(32)29-10-12-34-13-11-29/h4-9,14-15H,10-13,16H2,1-3H3. The van der Waals surface area contributed by atoms with Gasteiger partial charge in [0.15, 0.2) is 18.0 Å². The molecule has 0 spiro atoms. The Morgan fingerprint density at radius 1 is 1.09 bits per heavy atom. The van der Waals surface area contributed by atoms with Crippen molar-refractivity contribution in [2.24, 2.45) is 0 Å². The Hall–Kier alpha value is -3.98. The Kier molecular flexibility index (Phi) is 6.08. The van der Waals surface area contributed by atoms with Crippen molar-refractivity contribution in [1.29, 1.82) is 0 Å². The number of aryl methyl sites for hydroxylation is 3. The van der Waals surface area contributed by atoms with Crippen LogP contribution >= 0.6 is 0 Å². The van der Waals surface area contributed by atoms with Crippen LogP contribution in [0.15, 0.2) is 53.5 Å². The number of ether oxygens (including phenoxy) is 2. The quantitative estimate of drug-likeness (QED) is 0.443. The number of carbonyl (C=O) groups is 1. The van der Waals surface area contributed by atoms with Crippen molar-refractivity contribution in [2.75, 3.05) is 32.9 Å². The van der Waals surface area contributed by atoms with Gasteiger partial charge in [0.1, 0.15) is 5.69 Å². The highest BCUT2D eigenvalue weighted by Gasteiger charge is 2.20. The van der Waals surface area contributed by atoms with Crippen molar-refractivity contribution < 1.29 is 14.3 Å². The fourth-order valence-corrected chi connectivity index (χ4v) is 4.31. The van der Waals surface area contributed by atoms with Gasteiger partial charge in [0.05, 0.1) is 30.2 Å². The van der Waals surface area contributed by atoms with Crippen molar-refractivity contribution in [3.8, 4) is 22.7 Å². The first-order valence-electron chi connectivity index (χ1n) is 11.6. The van der Waals surface area contributed by atoms with E-state index in [1.165, 1.54) is 4.40 Å². The second-order valence-corrected chi connectivity index (χ2v) is 8.65. The molecule has 0 aliphatic carbocycles. The van der Waals surface area contributed by atoms with E-state index < -0.39 is 0 Å². The highest BCUT2D eigenvalue weighted by Crippen LogP contribution is 2.24. The van der Waals surface area contributed by atoms with E-state index in [9.17, 15) is 9.59 Å². The molecule has 4 heterocycles. The first-order valence-corrected chi connectivity index (χ1v) is 11.6. The number of hydrogen-bond donors (Lipinski definition) is 0. The fraction of sp³-hybridized carbons (Fsp3) is 0.308. The van der Waals surface area contributed by atoms with Gasteiger partial charge < -0.3 is 14.4 Å². The average molecular weight is 474 g/mol. The Morgan fingerprint density at radius 3 is 2.66 bits per heavy atom. The lowest BCUT2D eigenvalue weighted by atomic mass is 10.1. The number of carbonyl (C=O) groups excluding carboxylic acids is 1. The summed E-state index contributed by atoms with van der Waals surface area (Å²) >= 11 is 0. The average Bonchev–Trinajstić information content (AvgIpc) is 3.24. The maximum Gasteiger partial charge on any atom is 0.267 e. The summed E-state index contributed by atoms with van der Waals surface area (Å²) in [6, 6.07) is 13.3. The normalized spacial score (nSPS) is 13.9. The van der Waals surface area contributed by atoms with Gasteiger partial charge in [-0.3, -0.25) is 14.0 Å². The third kappa shape index (κ3) is 4.42. The second-order valence-electron chi connectivity index (χ2n) is 8.65. The van der Waals surface area contributed by atoms with E-state index in [-0.39, 0.29) is 18.1 Å². The van der Waals surface area contributed by atoms with Crippen molar-refractivity contribution in [3.63, 3.8) is 0 Å². The molecule has 5 rings (SSSR count). The number of fused-ring (bicyclic) bond motifs is 1. The molecule has 0 bridgehead atoms. The highest BCUT2D eigenvalue weighted by molar-refractivity contribution is 5.78. The van der Waals surface area contributed by atoms with Crippen molar-refractivity contribution >= 4 is 11.6 Å². The van der Waals surface area contributed by atoms with E-state index >= 15 is 0 Å². The van der Waals surface area contributed by atoms with Gasteiger partial charge in [0.25, 0.3) is 11.5 Å². The molecule has 1 amide bonds. The van der Waals surface area contributed by atoms with Crippen molar-refractivity contribution in [2.45, 2.75) is 20.8 Å². The number of morpholine rings is 1. The van der Waals surface area contributed by atoms with E-state index in [1.807, 2.05) is 48.9 Å². The van der Waals surface area contributed by atoms with Crippen LogP contribution in [0, 0.1) is 20.8 Å². The van der Waals surface area contributed by atoms with Crippen LogP contribution in [-0.2, 0) is 9.53 Å². The van der Waals surface area contributed by atoms with Gasteiger partial charge in [-0.15, -0.1) is 0 Å². The first kappa shape index (κ1) is 22.8. The number of rotatable bonds is 5. The molecule has 4 aromatic rings. The molecule has 0 unspecified atom stereocenters. The third-order valence-electron chi connectivity index (χ3n) is 6.10. The van der Waals surface area contributed by atoms with Crippen LogP contribution in [0.4, 0.5) is 0 Å². The number of amides is 1. The largest absolute Gasteiger partial charge is 0.480 e. The van der Waals surface area contributed by atoms with E-state index in [0.29, 0.717) is 54.7 Å². The van der Waals surface area contributed by atoms with Gasteiger partial charge in [0, 0.05) is 25.0 Å². The monoisotopic (exact) mass is 473 g/mol. The zero-order valence-electron chi connectivity index (χ0n) is 20.0. The first-order chi connectivity index (χ1) is 16.9. The Labute approximate surface area is 202 Å². The van der Waals surface area contributed by atoms with Crippen LogP contribution in [0.1, 0.15) is 17.0 Å². The number of hydrogen-bond acceptors (Lipinski definition) is 6. The number of aromatic nitrogens is 4. The smallest absolute Gasteiger partial charge is 0.267 e. The maximum atomic E-state index is 13.5. The lowest BCUT2D eigenvalue weighted by Crippen LogP contribution is -2.43. The predicted molar refractivity (Wildman–Crippen MR) is 131 cm³/mol. The minimum Gasteiger partial charge on any atom is -0.480 e. The van der Waals surface area contributed by atoms with Crippen LogP contribution in [0.3, 0.4) is 0 Å². The third-order valence-corrected chi connectivity index (χ3v) is 6.10. The molecular formula is C26H27N5O4. The van der Waals surface area contributed by atoms with Crippen molar-refractivity contribution in [1.82, 2.24) is 24.1 Å². The molecule has 1 fully saturated rings. The Balaban J connectivity index is 1.48. The molecule has 1 aromatic carbocycles. The van der Waals surface area contributed by atoms with Gasteiger partial charge in [0.2, 0.25) is 0 Å². The lowest BCUT2D eigenvalue weighted by molar-refractivity contribution is -0.137. The van der Waals surface area contributed by atoms with Crippen LogP contribution < -0.4 is 10.3 Å². The Bertz CT molecular complexity index is 1470. The summed E-state index contributed by atoms with van der Waals surface area (Å²) in [6.45, 7) is 7.79. The molecular weight excluding hydrogens is 446 g/mol. The van der Waals surface area contributed by atoms with Crippen LogP contribution in [0.5, 0.6) is 5.75 Å². The van der Waals surface area contributed by atoms with E-state index in [1.54, 1.807) is 30.2 Å². The summed E-state index contributed by atoms with van der Waals surface area (Å²) in [6.07, 6.45) is 1.65. The van der Waals surface area contributed by atoms with E-state index in [2.05, 4.69) is 4.98 Å². The molecule has 0 saturated carbocycles. The molecule has 9 heteroatoms. The lowest BCUT2D eigenvalue weighted by Gasteiger charge is -2.26. The summed E-state index contributed by atoms with van der Waals surface area (Å²) in [5.74, 6) is 0.255. The summed E-state index contributed by atoms with van der Waals surface area (Å²) in [5, 5.41) is 4.73. The highest BCUT2D eigenvalue weighted by atomic mass is 16.5. The summed E-state index contributed by atoms with van der Waals surface area (Å²) in [5.41, 5.74) is 4.62. The zero-order chi connectivity index (χ0) is 24.5. The van der Waals surface area contributed by atoms with Crippen LogP contribution in [0.25, 0.3) is 22.6 Å². The van der Waals surface area contributed by atoms with E-state index in [0.717, 1.165) is 16.9 Å². The molecule has 1 aliphatic rings. The number of benzene rings is 1. The van der Waals surface area contributed by atoms with Gasteiger partial charge in [-0.2, -0.15) is 5.10 Å². The minimum absolute atomic E-state index is 0.122. The van der Waals surface area contributed by atoms with Crippen molar-refractivity contribution in [3.05, 3.63) is 76.0 Å². The topological polar surface area (TPSA) is 91.0 Å². The second kappa shape index (κ2) is 9.34. The van der Waals surface area contributed by atoms with Gasteiger partial charge in [-0.05, 0) is 56.7 Å². The number of pyridine rings is 1. The van der Waals surface area contributed by atoms with E-state index in [4.69, 9.17) is 14.6 Å². The Morgan fingerprint density at radius 2 is 1.89 bits per heavy atom. The van der Waals surface area contributed by atoms with Gasteiger partial charge >= 0.3 is 0 Å². The number of nitrogens with zero attached hydrogens (tertiary/aromatic N) is 5. The van der Waals surface area contributed by atoms with Crippen LogP contribution in [-0.4, -0.2) is 62.9 Å². The molecule has 0 N–H and O–H groups in total. The molecule has 180 valence electrons. The van der Waals surface area contributed by atoms with Gasteiger partial charge in [-0.1, -0.05) is 12.1 Å².